The smallest absolute Gasteiger partial charge is 0.257 e. The topological polar surface area (TPSA) is 85.8 Å². The highest BCUT2D eigenvalue weighted by Gasteiger charge is 2.26. The Hall–Kier alpha value is -3.41. The summed E-state index contributed by atoms with van der Waals surface area (Å²) in [6, 6.07) is 13.8. The second-order valence-corrected chi connectivity index (χ2v) is 7.55. The molecular weight excluding hydrogens is 362 g/mol. The quantitative estimate of drug-likeness (QED) is 0.547. The van der Waals surface area contributed by atoms with E-state index in [4.69, 9.17) is 15.7 Å². The van der Waals surface area contributed by atoms with Crippen LogP contribution in [0, 0.1) is 13.8 Å². The molecule has 0 unspecified atom stereocenters. The number of amides is 1. The fourth-order valence-corrected chi connectivity index (χ4v) is 3.49. The molecular formula is C23H25N5O. The molecule has 1 atom stereocenters. The van der Waals surface area contributed by atoms with Gasteiger partial charge in [-0.1, -0.05) is 31.2 Å². The van der Waals surface area contributed by atoms with Gasteiger partial charge in [-0.05, 0) is 56.5 Å². The lowest BCUT2D eigenvalue weighted by molar-refractivity contribution is 0.0941. The summed E-state index contributed by atoms with van der Waals surface area (Å²) >= 11 is 0. The number of anilines is 1. The number of aryl methyl sites for hydroxylation is 2. The number of nitrogens with one attached hydrogen (secondary N) is 1. The van der Waals surface area contributed by atoms with Crippen LogP contribution >= 0.6 is 0 Å². The van der Waals surface area contributed by atoms with Crippen LogP contribution in [-0.2, 0) is 0 Å². The normalized spacial score (nSPS) is 12.4. The summed E-state index contributed by atoms with van der Waals surface area (Å²) in [4.78, 5) is 22.7. The van der Waals surface area contributed by atoms with Crippen molar-refractivity contribution in [2.24, 2.45) is 0 Å². The third-order valence-corrected chi connectivity index (χ3v) is 5.32. The molecule has 0 aliphatic rings. The Morgan fingerprint density at radius 2 is 1.83 bits per heavy atom. The molecule has 4 rings (SSSR count). The number of fused-ring (bicyclic) bond motifs is 2. The van der Waals surface area contributed by atoms with Gasteiger partial charge in [0.2, 0.25) is 0 Å². The molecule has 2 heterocycles. The minimum Gasteiger partial charge on any atom is -0.384 e. The van der Waals surface area contributed by atoms with Crippen LogP contribution in [0.25, 0.3) is 27.9 Å². The fraction of sp³-hybridized carbons (Fsp3) is 0.261. The van der Waals surface area contributed by atoms with Gasteiger partial charge >= 0.3 is 0 Å². The van der Waals surface area contributed by atoms with Crippen LogP contribution < -0.4 is 11.1 Å². The van der Waals surface area contributed by atoms with E-state index >= 15 is 0 Å². The standard InChI is InChI=1S/C23H25N5O/c1-5-15(4)25-23(29)19-20-22(27-17-9-7-6-8-16(17)26-20)28(21(19)24)18-12-13(2)10-11-14(18)3/h6-12,15H,5,24H2,1-4H3,(H,25,29)/t15-/m1/s1. The van der Waals surface area contributed by atoms with Gasteiger partial charge in [0.1, 0.15) is 16.9 Å². The minimum atomic E-state index is -0.226. The third-order valence-electron chi connectivity index (χ3n) is 5.32. The van der Waals surface area contributed by atoms with E-state index in [1.165, 1.54) is 0 Å². The van der Waals surface area contributed by atoms with E-state index in [1.54, 1.807) is 0 Å². The van der Waals surface area contributed by atoms with Gasteiger partial charge in [-0.25, -0.2) is 9.97 Å². The van der Waals surface area contributed by atoms with Gasteiger partial charge in [0.25, 0.3) is 5.91 Å². The lowest BCUT2D eigenvalue weighted by Crippen LogP contribution is -2.32. The molecule has 1 amide bonds. The molecule has 4 aromatic rings. The van der Waals surface area contributed by atoms with Crippen LogP contribution in [0.3, 0.4) is 0 Å². The zero-order valence-electron chi connectivity index (χ0n) is 17.2. The number of rotatable bonds is 4. The Balaban J connectivity index is 2.07. The maximum absolute atomic E-state index is 13.1. The Morgan fingerprint density at radius 3 is 2.52 bits per heavy atom. The van der Waals surface area contributed by atoms with E-state index in [2.05, 4.69) is 17.4 Å². The van der Waals surface area contributed by atoms with Crippen molar-refractivity contribution in [2.45, 2.75) is 40.2 Å². The second-order valence-electron chi connectivity index (χ2n) is 7.55. The van der Waals surface area contributed by atoms with E-state index < -0.39 is 0 Å². The average Bonchev–Trinajstić information content (AvgIpc) is 2.98. The predicted octanol–water partition coefficient (Wildman–Crippen LogP) is 4.30. The van der Waals surface area contributed by atoms with Crippen LogP contribution in [0.4, 0.5) is 5.82 Å². The molecule has 0 saturated carbocycles. The summed E-state index contributed by atoms with van der Waals surface area (Å²) in [5.41, 5.74) is 12.6. The Labute approximate surface area is 169 Å². The number of hydrogen-bond acceptors (Lipinski definition) is 4. The highest BCUT2D eigenvalue weighted by atomic mass is 16.1. The molecule has 2 aromatic heterocycles. The number of carbonyl (C=O) groups is 1. The monoisotopic (exact) mass is 387 g/mol. The molecule has 0 saturated heterocycles. The van der Waals surface area contributed by atoms with Gasteiger partial charge in [0, 0.05) is 6.04 Å². The van der Waals surface area contributed by atoms with Gasteiger partial charge in [-0.3, -0.25) is 9.36 Å². The first-order chi connectivity index (χ1) is 13.9. The zero-order chi connectivity index (χ0) is 20.7. The number of nitrogen functional groups attached to an aromatic ring is 1. The van der Waals surface area contributed by atoms with E-state index in [-0.39, 0.29) is 11.9 Å². The average molecular weight is 387 g/mol. The first kappa shape index (κ1) is 18.9. The van der Waals surface area contributed by atoms with E-state index in [9.17, 15) is 4.79 Å². The zero-order valence-corrected chi connectivity index (χ0v) is 17.2. The van der Waals surface area contributed by atoms with Crippen LogP contribution in [0.2, 0.25) is 0 Å². The lowest BCUT2D eigenvalue weighted by atomic mass is 10.1. The number of hydrogen-bond donors (Lipinski definition) is 2. The third kappa shape index (κ3) is 3.20. The Bertz CT molecular complexity index is 1240. The Kier molecular flexibility index (Phi) is 4.70. The first-order valence-electron chi connectivity index (χ1n) is 9.85. The van der Waals surface area contributed by atoms with E-state index in [0.717, 1.165) is 34.3 Å². The summed E-state index contributed by atoms with van der Waals surface area (Å²) in [5, 5.41) is 3.02. The number of benzene rings is 2. The van der Waals surface area contributed by atoms with E-state index in [0.29, 0.717) is 22.5 Å². The Morgan fingerprint density at radius 1 is 1.14 bits per heavy atom. The summed E-state index contributed by atoms with van der Waals surface area (Å²) in [7, 11) is 0. The number of para-hydroxylation sites is 2. The molecule has 0 aliphatic heterocycles. The van der Waals surface area contributed by atoms with Crippen LogP contribution in [0.1, 0.15) is 41.8 Å². The number of carbonyl (C=O) groups excluding carboxylic acids is 1. The number of aromatic nitrogens is 3. The van der Waals surface area contributed by atoms with Gasteiger partial charge in [-0.15, -0.1) is 0 Å². The summed E-state index contributed by atoms with van der Waals surface area (Å²) in [5.74, 6) is 0.125. The van der Waals surface area contributed by atoms with Crippen molar-refractivity contribution >= 4 is 33.9 Å². The van der Waals surface area contributed by atoms with Crippen molar-refractivity contribution in [2.75, 3.05) is 5.73 Å². The predicted molar refractivity (Wildman–Crippen MR) is 117 cm³/mol. The van der Waals surface area contributed by atoms with Gasteiger partial charge < -0.3 is 11.1 Å². The van der Waals surface area contributed by atoms with Gasteiger partial charge in [-0.2, -0.15) is 0 Å². The van der Waals surface area contributed by atoms with Crippen molar-refractivity contribution in [1.29, 1.82) is 0 Å². The molecule has 2 aromatic carbocycles. The molecule has 148 valence electrons. The molecule has 0 aliphatic carbocycles. The summed E-state index contributed by atoms with van der Waals surface area (Å²) in [6.07, 6.45) is 0.829. The number of nitrogens with two attached hydrogens (primary N) is 1. The molecule has 29 heavy (non-hydrogen) atoms. The van der Waals surface area contributed by atoms with Gasteiger partial charge in [0.15, 0.2) is 5.65 Å². The SMILES string of the molecule is CC[C@@H](C)NC(=O)c1c(N)n(-c2cc(C)ccc2C)c2nc3ccccc3nc12. The molecule has 6 nitrogen and oxygen atoms in total. The van der Waals surface area contributed by atoms with Crippen LogP contribution in [0.5, 0.6) is 0 Å². The highest BCUT2D eigenvalue weighted by molar-refractivity contribution is 6.11. The molecule has 6 heteroatoms. The largest absolute Gasteiger partial charge is 0.384 e. The maximum atomic E-state index is 13.1. The molecule has 0 radical (unpaired) electrons. The number of nitrogens with zero attached hydrogens (tertiary/aromatic N) is 3. The second kappa shape index (κ2) is 7.20. The highest BCUT2D eigenvalue weighted by Crippen LogP contribution is 2.32. The molecule has 0 bridgehead atoms. The van der Waals surface area contributed by atoms with Crippen LogP contribution in [-0.4, -0.2) is 26.5 Å². The van der Waals surface area contributed by atoms with Crippen molar-refractivity contribution in [1.82, 2.24) is 19.9 Å². The van der Waals surface area contributed by atoms with Crippen molar-refractivity contribution in [3.63, 3.8) is 0 Å². The first-order valence-corrected chi connectivity index (χ1v) is 9.85. The molecule has 0 fully saturated rings. The van der Waals surface area contributed by atoms with Crippen molar-refractivity contribution in [3.05, 3.63) is 59.2 Å². The maximum Gasteiger partial charge on any atom is 0.257 e. The summed E-state index contributed by atoms with van der Waals surface area (Å²) < 4.78 is 1.85. The lowest BCUT2D eigenvalue weighted by Gasteiger charge is -2.13. The molecule has 0 spiro atoms. The molecule has 3 N–H and O–H groups in total. The van der Waals surface area contributed by atoms with Crippen LogP contribution in [0.15, 0.2) is 42.5 Å². The summed E-state index contributed by atoms with van der Waals surface area (Å²) in [6.45, 7) is 8.05. The fourth-order valence-electron chi connectivity index (χ4n) is 3.49. The van der Waals surface area contributed by atoms with Gasteiger partial charge in [0.05, 0.1) is 16.7 Å². The minimum absolute atomic E-state index is 0.0365. The van der Waals surface area contributed by atoms with E-state index in [1.807, 2.05) is 62.6 Å². The van der Waals surface area contributed by atoms with Crippen molar-refractivity contribution < 1.29 is 4.79 Å². The van der Waals surface area contributed by atoms with Crippen molar-refractivity contribution in [3.8, 4) is 5.69 Å².